The second-order valence-corrected chi connectivity index (χ2v) is 8.28. The normalized spacial score (nSPS) is 24.1. The molecule has 0 aromatic heterocycles. The molecule has 158 valence electrons. The van der Waals surface area contributed by atoms with Gasteiger partial charge in [0.05, 0.1) is 12.5 Å². The summed E-state index contributed by atoms with van der Waals surface area (Å²) >= 11 is 0. The number of nitrogens with one attached hydrogen (secondary N) is 1. The molecular weight excluding hydrogens is 378 g/mol. The molecule has 2 atom stereocenters. The van der Waals surface area contributed by atoms with Gasteiger partial charge in [-0.15, -0.1) is 0 Å². The molecule has 1 N–H and O–H groups in total. The van der Waals surface area contributed by atoms with Crippen LogP contribution >= 0.6 is 0 Å². The van der Waals surface area contributed by atoms with Crippen molar-refractivity contribution in [3.05, 3.63) is 60.2 Å². The van der Waals surface area contributed by atoms with Crippen LogP contribution in [0.4, 0.5) is 5.69 Å². The summed E-state index contributed by atoms with van der Waals surface area (Å²) in [6, 6.07) is 17.0. The molecule has 0 unspecified atom stereocenters. The Morgan fingerprint density at radius 2 is 1.70 bits per heavy atom. The zero-order chi connectivity index (χ0) is 21.1. The third kappa shape index (κ3) is 3.79. The molecule has 2 aromatic carbocycles. The van der Waals surface area contributed by atoms with Crippen molar-refractivity contribution in [2.24, 2.45) is 5.41 Å². The number of para-hydroxylation sites is 1. The van der Waals surface area contributed by atoms with Crippen molar-refractivity contribution in [3.8, 4) is 5.75 Å². The van der Waals surface area contributed by atoms with Gasteiger partial charge < -0.3 is 19.9 Å². The fraction of sp³-hybridized carbons (Fsp3) is 0.417. The molecule has 2 aliphatic heterocycles. The van der Waals surface area contributed by atoms with Gasteiger partial charge in [-0.05, 0) is 69.3 Å². The lowest BCUT2D eigenvalue weighted by Crippen LogP contribution is -2.46. The van der Waals surface area contributed by atoms with Gasteiger partial charge in [0.25, 0.3) is 5.91 Å². The number of hydrogen-bond donors (Lipinski definition) is 1. The number of likely N-dealkylation sites (tertiary alicyclic amines) is 2. The number of carbonyl (C=O) groups is 2. The van der Waals surface area contributed by atoms with Gasteiger partial charge in [0.1, 0.15) is 5.75 Å². The van der Waals surface area contributed by atoms with E-state index in [1.54, 1.807) is 19.2 Å². The third-order valence-corrected chi connectivity index (χ3v) is 6.69. The summed E-state index contributed by atoms with van der Waals surface area (Å²) in [4.78, 5) is 30.7. The van der Waals surface area contributed by atoms with Crippen molar-refractivity contribution < 1.29 is 14.3 Å². The van der Waals surface area contributed by atoms with E-state index in [9.17, 15) is 9.59 Å². The molecule has 2 saturated heterocycles. The second kappa shape index (κ2) is 8.48. The molecule has 2 fully saturated rings. The Labute approximate surface area is 177 Å². The standard InChI is InChI=1S/C24H29N3O3/c1-26-16-13-24(23(29)25-19-6-4-3-5-7-19)14-17-27(15-12-21(24)26)22(28)18-8-10-20(30-2)11-9-18/h3-11,21H,12-17H2,1-2H3,(H,25,29)/t21-,24-/m1/s1. The van der Waals surface area contributed by atoms with Gasteiger partial charge in [0.2, 0.25) is 5.91 Å². The van der Waals surface area contributed by atoms with Crippen molar-refractivity contribution in [1.82, 2.24) is 9.80 Å². The summed E-state index contributed by atoms with van der Waals surface area (Å²) in [6.45, 7) is 2.14. The number of fused-ring (bicyclic) bond motifs is 1. The van der Waals surface area contributed by atoms with Gasteiger partial charge in [-0.1, -0.05) is 18.2 Å². The maximum Gasteiger partial charge on any atom is 0.253 e. The summed E-state index contributed by atoms with van der Waals surface area (Å²) in [5, 5.41) is 3.13. The van der Waals surface area contributed by atoms with Crippen molar-refractivity contribution in [3.63, 3.8) is 0 Å². The summed E-state index contributed by atoms with van der Waals surface area (Å²) in [7, 11) is 3.70. The van der Waals surface area contributed by atoms with Gasteiger partial charge in [0, 0.05) is 30.4 Å². The van der Waals surface area contributed by atoms with Crippen LogP contribution in [-0.4, -0.2) is 61.4 Å². The fourth-order valence-corrected chi connectivity index (χ4v) is 4.91. The van der Waals surface area contributed by atoms with Crippen molar-refractivity contribution in [2.75, 3.05) is 39.1 Å². The minimum absolute atomic E-state index is 0.0129. The minimum atomic E-state index is -0.473. The molecular formula is C24H29N3O3. The molecule has 0 aliphatic carbocycles. The Balaban J connectivity index is 1.52. The quantitative estimate of drug-likeness (QED) is 0.845. The highest BCUT2D eigenvalue weighted by atomic mass is 16.5. The molecule has 0 radical (unpaired) electrons. The third-order valence-electron chi connectivity index (χ3n) is 6.69. The minimum Gasteiger partial charge on any atom is -0.497 e. The second-order valence-electron chi connectivity index (χ2n) is 8.28. The number of amides is 2. The number of anilines is 1. The highest BCUT2D eigenvalue weighted by molar-refractivity contribution is 5.97. The van der Waals surface area contributed by atoms with E-state index in [1.165, 1.54) is 0 Å². The van der Waals surface area contributed by atoms with E-state index in [0.717, 1.165) is 30.8 Å². The van der Waals surface area contributed by atoms with E-state index >= 15 is 0 Å². The molecule has 2 amide bonds. The number of nitrogens with zero attached hydrogens (tertiary/aromatic N) is 2. The number of methoxy groups -OCH3 is 1. The summed E-state index contributed by atoms with van der Waals surface area (Å²) in [5.74, 6) is 0.816. The van der Waals surface area contributed by atoms with Crippen LogP contribution in [-0.2, 0) is 4.79 Å². The Morgan fingerprint density at radius 1 is 1.00 bits per heavy atom. The molecule has 0 bridgehead atoms. The number of carbonyl (C=O) groups excluding carboxylic acids is 2. The van der Waals surface area contributed by atoms with E-state index in [2.05, 4.69) is 17.3 Å². The molecule has 4 rings (SSSR count). The van der Waals surface area contributed by atoms with Crippen molar-refractivity contribution in [2.45, 2.75) is 25.3 Å². The first-order valence-electron chi connectivity index (χ1n) is 10.5. The average Bonchev–Trinajstić information content (AvgIpc) is 2.98. The van der Waals surface area contributed by atoms with E-state index in [4.69, 9.17) is 4.74 Å². The van der Waals surface area contributed by atoms with Gasteiger partial charge >= 0.3 is 0 Å². The Hall–Kier alpha value is -2.86. The van der Waals surface area contributed by atoms with Gasteiger partial charge in [-0.25, -0.2) is 0 Å². The lowest BCUT2D eigenvalue weighted by molar-refractivity contribution is -0.127. The largest absolute Gasteiger partial charge is 0.497 e. The lowest BCUT2D eigenvalue weighted by atomic mass is 9.75. The molecule has 2 heterocycles. The zero-order valence-electron chi connectivity index (χ0n) is 17.6. The molecule has 0 spiro atoms. The SMILES string of the molecule is COc1ccc(C(=O)N2CC[C@H]3N(C)CC[C@@]3(C(=O)Nc3ccccc3)CC2)cc1. The first-order valence-corrected chi connectivity index (χ1v) is 10.5. The highest BCUT2D eigenvalue weighted by Gasteiger charge is 2.52. The van der Waals surface area contributed by atoms with Gasteiger partial charge in [-0.3, -0.25) is 9.59 Å². The number of rotatable bonds is 4. The molecule has 2 aromatic rings. The van der Waals surface area contributed by atoms with Crippen molar-refractivity contribution in [1.29, 1.82) is 0 Å². The highest BCUT2D eigenvalue weighted by Crippen LogP contribution is 2.44. The number of benzene rings is 2. The molecule has 6 nitrogen and oxygen atoms in total. The zero-order valence-corrected chi connectivity index (χ0v) is 17.6. The Bertz CT molecular complexity index is 900. The van der Waals surface area contributed by atoms with E-state index in [-0.39, 0.29) is 17.9 Å². The van der Waals surface area contributed by atoms with Crippen LogP contribution in [0.15, 0.2) is 54.6 Å². The maximum absolute atomic E-state index is 13.4. The van der Waals surface area contributed by atoms with Crippen LogP contribution in [0.2, 0.25) is 0 Å². The number of ether oxygens (including phenoxy) is 1. The Morgan fingerprint density at radius 3 is 2.40 bits per heavy atom. The molecule has 6 heteroatoms. The van der Waals surface area contributed by atoms with Crippen LogP contribution < -0.4 is 10.1 Å². The van der Waals surface area contributed by atoms with E-state index in [0.29, 0.717) is 25.1 Å². The van der Waals surface area contributed by atoms with Crippen LogP contribution in [0.25, 0.3) is 0 Å². The number of hydrogen-bond acceptors (Lipinski definition) is 4. The smallest absolute Gasteiger partial charge is 0.253 e. The van der Waals surface area contributed by atoms with Crippen molar-refractivity contribution >= 4 is 17.5 Å². The monoisotopic (exact) mass is 407 g/mol. The topological polar surface area (TPSA) is 61.9 Å². The summed E-state index contributed by atoms with van der Waals surface area (Å²) in [6.07, 6.45) is 2.28. The van der Waals surface area contributed by atoms with E-state index < -0.39 is 5.41 Å². The molecule has 2 aliphatic rings. The predicted octanol–water partition coefficient (Wildman–Crippen LogP) is 3.26. The van der Waals surface area contributed by atoms with Crippen LogP contribution in [0.1, 0.15) is 29.6 Å². The van der Waals surface area contributed by atoms with Gasteiger partial charge in [-0.2, -0.15) is 0 Å². The molecule has 0 saturated carbocycles. The summed E-state index contributed by atoms with van der Waals surface area (Å²) in [5.41, 5.74) is 0.999. The van der Waals surface area contributed by atoms with Gasteiger partial charge in [0.15, 0.2) is 0 Å². The predicted molar refractivity (Wildman–Crippen MR) is 117 cm³/mol. The van der Waals surface area contributed by atoms with Crippen LogP contribution in [0.5, 0.6) is 5.75 Å². The first kappa shape index (κ1) is 20.4. The fourth-order valence-electron chi connectivity index (χ4n) is 4.91. The van der Waals surface area contributed by atoms with E-state index in [1.807, 2.05) is 47.4 Å². The Kier molecular flexibility index (Phi) is 5.77. The van der Waals surface area contributed by atoms with Crippen LogP contribution in [0, 0.1) is 5.41 Å². The lowest BCUT2D eigenvalue weighted by Gasteiger charge is -2.34. The summed E-state index contributed by atoms with van der Waals surface area (Å²) < 4.78 is 5.19. The average molecular weight is 408 g/mol. The molecule has 30 heavy (non-hydrogen) atoms. The first-order chi connectivity index (χ1) is 14.5. The van der Waals surface area contributed by atoms with Crippen LogP contribution in [0.3, 0.4) is 0 Å². The maximum atomic E-state index is 13.4.